The van der Waals surface area contributed by atoms with Gasteiger partial charge in [0.1, 0.15) is 5.02 Å². The standard InChI is InChI=1S/C21H22ClN5O/c22-19-14-23-21(26-20(19)24-17-4-2-1-3-5-17)25-18-8-6-16(7-9-18)15-27-10-12-28-13-11-27/h1-9,14H,10-13,15H2,(H2,23,24,25,26). The molecule has 6 nitrogen and oxygen atoms in total. The molecule has 0 bridgehead atoms. The zero-order chi connectivity index (χ0) is 19.2. The summed E-state index contributed by atoms with van der Waals surface area (Å²) in [5.74, 6) is 1.05. The molecular formula is C21H22ClN5O. The summed E-state index contributed by atoms with van der Waals surface area (Å²) in [6.07, 6.45) is 1.59. The van der Waals surface area contributed by atoms with Gasteiger partial charge in [0.25, 0.3) is 0 Å². The van der Waals surface area contributed by atoms with Crippen LogP contribution in [0.4, 0.5) is 23.1 Å². The van der Waals surface area contributed by atoms with Crippen LogP contribution in [0.5, 0.6) is 0 Å². The summed E-state index contributed by atoms with van der Waals surface area (Å²) in [6, 6.07) is 18.1. The van der Waals surface area contributed by atoms with Gasteiger partial charge in [-0.05, 0) is 29.8 Å². The van der Waals surface area contributed by atoms with E-state index in [1.54, 1.807) is 6.20 Å². The lowest BCUT2D eigenvalue weighted by Gasteiger charge is -2.26. The molecule has 144 valence electrons. The highest BCUT2D eigenvalue weighted by molar-refractivity contribution is 6.32. The first-order valence-electron chi connectivity index (χ1n) is 9.27. The second-order valence-electron chi connectivity index (χ2n) is 6.59. The van der Waals surface area contributed by atoms with E-state index in [2.05, 4.69) is 37.6 Å². The van der Waals surface area contributed by atoms with E-state index in [-0.39, 0.29) is 0 Å². The van der Waals surface area contributed by atoms with Crippen molar-refractivity contribution in [3.05, 3.63) is 71.4 Å². The first kappa shape index (κ1) is 18.7. The van der Waals surface area contributed by atoms with Gasteiger partial charge in [-0.25, -0.2) is 4.98 Å². The summed E-state index contributed by atoms with van der Waals surface area (Å²) in [5.41, 5.74) is 3.12. The fourth-order valence-electron chi connectivity index (χ4n) is 3.01. The quantitative estimate of drug-likeness (QED) is 0.643. The van der Waals surface area contributed by atoms with Crippen molar-refractivity contribution < 1.29 is 4.74 Å². The molecule has 28 heavy (non-hydrogen) atoms. The Morgan fingerprint density at radius 3 is 2.39 bits per heavy atom. The van der Waals surface area contributed by atoms with Crippen molar-refractivity contribution in [2.45, 2.75) is 6.54 Å². The lowest BCUT2D eigenvalue weighted by atomic mass is 10.2. The molecule has 1 fully saturated rings. The molecule has 1 aromatic heterocycles. The maximum absolute atomic E-state index is 6.23. The lowest BCUT2D eigenvalue weighted by molar-refractivity contribution is 0.0342. The molecule has 1 aliphatic heterocycles. The monoisotopic (exact) mass is 395 g/mol. The summed E-state index contributed by atoms with van der Waals surface area (Å²) in [5, 5.41) is 6.92. The number of anilines is 4. The van der Waals surface area contributed by atoms with Gasteiger partial charge in [0.15, 0.2) is 5.82 Å². The maximum atomic E-state index is 6.23. The smallest absolute Gasteiger partial charge is 0.229 e. The van der Waals surface area contributed by atoms with Crippen molar-refractivity contribution in [2.24, 2.45) is 0 Å². The summed E-state index contributed by atoms with van der Waals surface area (Å²) >= 11 is 6.23. The molecule has 0 aliphatic carbocycles. The molecule has 2 aromatic carbocycles. The molecule has 3 aromatic rings. The number of aromatic nitrogens is 2. The third kappa shape index (κ3) is 4.98. The minimum atomic E-state index is 0.468. The average Bonchev–Trinajstić information content (AvgIpc) is 2.73. The number of benzene rings is 2. The van der Waals surface area contributed by atoms with Gasteiger partial charge in [0.05, 0.1) is 19.4 Å². The van der Waals surface area contributed by atoms with Crippen molar-refractivity contribution in [1.29, 1.82) is 0 Å². The number of hydrogen-bond acceptors (Lipinski definition) is 6. The molecule has 1 aliphatic rings. The van der Waals surface area contributed by atoms with Crippen LogP contribution >= 0.6 is 11.6 Å². The van der Waals surface area contributed by atoms with Gasteiger partial charge in [0.2, 0.25) is 5.95 Å². The molecule has 0 spiro atoms. The fraction of sp³-hybridized carbons (Fsp3) is 0.238. The fourth-order valence-corrected chi connectivity index (χ4v) is 3.15. The van der Waals surface area contributed by atoms with E-state index >= 15 is 0 Å². The van der Waals surface area contributed by atoms with Crippen LogP contribution in [0.15, 0.2) is 60.8 Å². The summed E-state index contributed by atoms with van der Waals surface area (Å²) in [7, 11) is 0. The minimum Gasteiger partial charge on any atom is -0.379 e. The van der Waals surface area contributed by atoms with E-state index in [0.717, 1.165) is 44.2 Å². The van der Waals surface area contributed by atoms with Crippen molar-refractivity contribution >= 4 is 34.7 Å². The Morgan fingerprint density at radius 2 is 1.64 bits per heavy atom. The van der Waals surface area contributed by atoms with Crippen LogP contribution in [0.1, 0.15) is 5.56 Å². The number of nitrogens with one attached hydrogen (secondary N) is 2. The van der Waals surface area contributed by atoms with E-state index in [1.165, 1.54) is 5.56 Å². The number of ether oxygens (including phenoxy) is 1. The van der Waals surface area contributed by atoms with Crippen LogP contribution in [-0.4, -0.2) is 41.2 Å². The highest BCUT2D eigenvalue weighted by Gasteiger charge is 2.11. The van der Waals surface area contributed by atoms with E-state index < -0.39 is 0 Å². The van der Waals surface area contributed by atoms with Gasteiger partial charge in [-0.1, -0.05) is 41.9 Å². The molecule has 4 rings (SSSR count). The predicted molar refractivity (Wildman–Crippen MR) is 113 cm³/mol. The van der Waals surface area contributed by atoms with Crippen molar-refractivity contribution in [3.8, 4) is 0 Å². The summed E-state index contributed by atoms with van der Waals surface area (Å²) < 4.78 is 5.40. The number of halogens is 1. The van der Waals surface area contributed by atoms with Crippen LogP contribution < -0.4 is 10.6 Å². The topological polar surface area (TPSA) is 62.3 Å². The Labute approximate surface area is 169 Å². The summed E-state index contributed by atoms with van der Waals surface area (Å²) in [6.45, 7) is 4.53. The third-order valence-electron chi connectivity index (χ3n) is 4.50. The molecule has 0 saturated carbocycles. The first-order chi connectivity index (χ1) is 13.8. The highest BCUT2D eigenvalue weighted by atomic mass is 35.5. The average molecular weight is 396 g/mol. The molecule has 2 N–H and O–H groups in total. The Morgan fingerprint density at radius 1 is 0.929 bits per heavy atom. The van der Waals surface area contributed by atoms with Crippen molar-refractivity contribution in [1.82, 2.24) is 14.9 Å². The molecule has 0 radical (unpaired) electrons. The predicted octanol–water partition coefficient (Wildman–Crippen LogP) is 4.45. The van der Waals surface area contributed by atoms with Crippen LogP contribution in [0, 0.1) is 0 Å². The Bertz CT molecular complexity index is 898. The van der Waals surface area contributed by atoms with E-state index in [4.69, 9.17) is 16.3 Å². The Hall–Kier alpha value is -2.67. The number of morpholine rings is 1. The van der Waals surface area contributed by atoms with Gasteiger partial charge in [-0.2, -0.15) is 4.98 Å². The molecule has 1 saturated heterocycles. The molecule has 7 heteroatoms. The van der Waals surface area contributed by atoms with Crippen molar-refractivity contribution in [2.75, 3.05) is 36.9 Å². The zero-order valence-corrected chi connectivity index (χ0v) is 16.2. The SMILES string of the molecule is Clc1cnc(Nc2ccc(CN3CCOCC3)cc2)nc1Nc1ccccc1. The first-order valence-corrected chi connectivity index (χ1v) is 9.65. The van der Waals surface area contributed by atoms with E-state index in [0.29, 0.717) is 16.8 Å². The van der Waals surface area contributed by atoms with Gasteiger partial charge < -0.3 is 15.4 Å². The summed E-state index contributed by atoms with van der Waals surface area (Å²) in [4.78, 5) is 11.2. The maximum Gasteiger partial charge on any atom is 0.229 e. The van der Waals surface area contributed by atoms with Crippen LogP contribution in [0.3, 0.4) is 0 Å². The van der Waals surface area contributed by atoms with Gasteiger partial charge in [-0.3, -0.25) is 4.90 Å². The Balaban J connectivity index is 1.41. The molecular weight excluding hydrogens is 374 g/mol. The zero-order valence-electron chi connectivity index (χ0n) is 15.4. The Kier molecular flexibility index (Phi) is 6.01. The number of rotatable bonds is 6. The molecule has 0 amide bonds. The second kappa shape index (κ2) is 9.01. The largest absolute Gasteiger partial charge is 0.379 e. The second-order valence-corrected chi connectivity index (χ2v) is 7.00. The number of para-hydroxylation sites is 1. The lowest BCUT2D eigenvalue weighted by Crippen LogP contribution is -2.35. The third-order valence-corrected chi connectivity index (χ3v) is 4.78. The van der Waals surface area contributed by atoms with Crippen LogP contribution in [-0.2, 0) is 11.3 Å². The van der Waals surface area contributed by atoms with E-state index in [1.807, 2.05) is 42.5 Å². The van der Waals surface area contributed by atoms with Gasteiger partial charge >= 0.3 is 0 Å². The molecule has 0 atom stereocenters. The number of hydrogen-bond donors (Lipinski definition) is 2. The number of nitrogens with zero attached hydrogens (tertiary/aromatic N) is 3. The molecule has 0 unspecified atom stereocenters. The molecule has 2 heterocycles. The minimum absolute atomic E-state index is 0.468. The van der Waals surface area contributed by atoms with Crippen LogP contribution in [0.25, 0.3) is 0 Å². The van der Waals surface area contributed by atoms with Crippen molar-refractivity contribution in [3.63, 3.8) is 0 Å². The van der Waals surface area contributed by atoms with Gasteiger partial charge in [0, 0.05) is 31.0 Å². The highest BCUT2D eigenvalue weighted by Crippen LogP contribution is 2.25. The van der Waals surface area contributed by atoms with Gasteiger partial charge in [-0.15, -0.1) is 0 Å². The van der Waals surface area contributed by atoms with Crippen LogP contribution in [0.2, 0.25) is 5.02 Å². The normalized spacial score (nSPS) is 14.6. The van der Waals surface area contributed by atoms with E-state index in [9.17, 15) is 0 Å².